The van der Waals surface area contributed by atoms with Crippen LogP contribution < -0.4 is 5.32 Å². The van der Waals surface area contributed by atoms with Crippen molar-refractivity contribution in [1.29, 1.82) is 0 Å². The number of halogens is 1. The van der Waals surface area contributed by atoms with Crippen molar-refractivity contribution in [3.8, 4) is 0 Å². The average Bonchev–Trinajstić information content (AvgIpc) is 3.09. The number of benzene rings is 1. The first kappa shape index (κ1) is 13.9. The molecule has 1 atom stereocenters. The first-order valence-corrected chi connectivity index (χ1v) is 7.32. The van der Waals surface area contributed by atoms with E-state index >= 15 is 0 Å². The molecule has 0 spiro atoms. The van der Waals surface area contributed by atoms with Crippen molar-refractivity contribution < 1.29 is 0 Å². The lowest BCUT2D eigenvalue weighted by Gasteiger charge is -2.25. The molecule has 1 nitrogen and oxygen atoms in total. The van der Waals surface area contributed by atoms with Gasteiger partial charge in [0.15, 0.2) is 0 Å². The lowest BCUT2D eigenvalue weighted by molar-refractivity contribution is 0.346. The molecular weight excluding hydrogens is 242 g/mol. The van der Waals surface area contributed by atoms with E-state index in [1.807, 2.05) is 12.1 Å². The maximum Gasteiger partial charge on any atom is 0.0438 e. The maximum absolute atomic E-state index is 6.26. The lowest BCUT2D eigenvalue weighted by atomic mass is 9.93. The number of rotatable bonds is 5. The van der Waals surface area contributed by atoms with Crippen molar-refractivity contribution in [2.24, 2.45) is 11.8 Å². The van der Waals surface area contributed by atoms with E-state index in [9.17, 15) is 0 Å². The minimum Gasteiger partial charge on any atom is -0.312 e. The average molecular weight is 266 g/mol. The molecular formula is C16H24ClN. The summed E-state index contributed by atoms with van der Waals surface area (Å²) in [7, 11) is 0. The Bertz CT molecular complexity index is 390. The summed E-state index contributed by atoms with van der Waals surface area (Å²) < 4.78 is 0. The number of nitrogens with one attached hydrogen (secondary N) is 1. The molecule has 0 aromatic heterocycles. The van der Waals surface area contributed by atoms with E-state index in [0.717, 1.165) is 29.8 Å². The topological polar surface area (TPSA) is 12.0 Å². The van der Waals surface area contributed by atoms with Gasteiger partial charge in [0.05, 0.1) is 0 Å². The molecule has 1 unspecified atom stereocenters. The Hall–Kier alpha value is -0.530. The highest BCUT2D eigenvalue weighted by Gasteiger charge is 2.31. The van der Waals surface area contributed by atoms with Gasteiger partial charge in [-0.3, -0.25) is 0 Å². The summed E-state index contributed by atoms with van der Waals surface area (Å²) in [4.78, 5) is 0. The van der Waals surface area contributed by atoms with Crippen LogP contribution in [0.25, 0.3) is 0 Å². The maximum atomic E-state index is 6.26. The molecule has 18 heavy (non-hydrogen) atoms. The minimum absolute atomic E-state index is 0.202. The van der Waals surface area contributed by atoms with E-state index in [1.54, 1.807) is 0 Å². The van der Waals surface area contributed by atoms with Gasteiger partial charge in [-0.1, -0.05) is 29.8 Å². The van der Waals surface area contributed by atoms with Gasteiger partial charge in [0.2, 0.25) is 0 Å². The molecule has 0 heterocycles. The standard InChI is InChI=1S/C16H24ClN/c1-16(2,3)18-11-14(12-8-9-12)10-13-6-4-5-7-15(13)17/h4-7,12,14,18H,8-11H2,1-3H3. The van der Waals surface area contributed by atoms with Crippen molar-refractivity contribution in [3.63, 3.8) is 0 Å². The van der Waals surface area contributed by atoms with Gasteiger partial charge in [0.25, 0.3) is 0 Å². The molecule has 2 heteroatoms. The molecule has 2 rings (SSSR count). The van der Waals surface area contributed by atoms with Crippen molar-refractivity contribution in [2.75, 3.05) is 6.54 Å². The summed E-state index contributed by atoms with van der Waals surface area (Å²) in [5, 5.41) is 4.56. The zero-order valence-electron chi connectivity index (χ0n) is 11.7. The summed E-state index contributed by atoms with van der Waals surface area (Å²) in [5.41, 5.74) is 1.50. The molecule has 100 valence electrons. The first-order chi connectivity index (χ1) is 8.46. The summed E-state index contributed by atoms with van der Waals surface area (Å²) in [5.74, 6) is 1.63. The van der Waals surface area contributed by atoms with Gasteiger partial charge >= 0.3 is 0 Å². The molecule has 0 radical (unpaired) electrons. The van der Waals surface area contributed by atoms with Crippen molar-refractivity contribution >= 4 is 11.6 Å². The molecule has 0 amide bonds. The van der Waals surface area contributed by atoms with Gasteiger partial charge in [0, 0.05) is 10.6 Å². The quantitative estimate of drug-likeness (QED) is 0.837. The molecule has 1 aromatic carbocycles. The molecule has 1 saturated carbocycles. The Balaban J connectivity index is 1.96. The summed E-state index contributed by atoms with van der Waals surface area (Å²) in [6, 6.07) is 8.25. The van der Waals surface area contributed by atoms with E-state index < -0.39 is 0 Å². The highest BCUT2D eigenvalue weighted by molar-refractivity contribution is 6.31. The predicted molar refractivity (Wildman–Crippen MR) is 79.1 cm³/mol. The summed E-state index contributed by atoms with van der Waals surface area (Å²) in [6.45, 7) is 7.78. The lowest BCUT2D eigenvalue weighted by Crippen LogP contribution is -2.40. The van der Waals surface area contributed by atoms with E-state index in [1.165, 1.54) is 18.4 Å². The van der Waals surface area contributed by atoms with E-state index in [4.69, 9.17) is 11.6 Å². The van der Waals surface area contributed by atoms with E-state index in [0.29, 0.717) is 0 Å². The second kappa shape index (κ2) is 5.63. The molecule has 1 aliphatic carbocycles. The van der Waals surface area contributed by atoms with E-state index in [-0.39, 0.29) is 5.54 Å². The second-order valence-electron chi connectivity index (χ2n) is 6.52. The Morgan fingerprint density at radius 3 is 2.50 bits per heavy atom. The van der Waals surface area contributed by atoms with Crippen molar-refractivity contribution in [2.45, 2.75) is 45.6 Å². The van der Waals surface area contributed by atoms with Crippen LogP contribution in [0.4, 0.5) is 0 Å². The first-order valence-electron chi connectivity index (χ1n) is 6.94. The van der Waals surface area contributed by atoms with Crippen molar-refractivity contribution in [3.05, 3.63) is 34.9 Å². The molecule has 1 N–H and O–H groups in total. The SMILES string of the molecule is CC(C)(C)NCC(Cc1ccccc1Cl)C1CC1. The molecule has 1 fully saturated rings. The third-order valence-electron chi connectivity index (χ3n) is 3.62. The van der Waals surface area contributed by atoms with Gasteiger partial charge in [-0.05, 0) is 70.0 Å². The van der Waals surface area contributed by atoms with Gasteiger partial charge in [-0.25, -0.2) is 0 Å². The zero-order chi connectivity index (χ0) is 13.2. The minimum atomic E-state index is 0.202. The van der Waals surface area contributed by atoms with Gasteiger partial charge in [-0.15, -0.1) is 0 Å². The Kier molecular flexibility index (Phi) is 4.34. The van der Waals surface area contributed by atoms with Crippen LogP contribution in [0.1, 0.15) is 39.2 Å². The fourth-order valence-electron chi connectivity index (χ4n) is 2.36. The fourth-order valence-corrected chi connectivity index (χ4v) is 2.57. The van der Waals surface area contributed by atoms with Crippen molar-refractivity contribution in [1.82, 2.24) is 5.32 Å². The van der Waals surface area contributed by atoms with Crippen LogP contribution in [0.15, 0.2) is 24.3 Å². The number of hydrogen-bond acceptors (Lipinski definition) is 1. The Morgan fingerprint density at radius 2 is 1.94 bits per heavy atom. The summed E-state index contributed by atoms with van der Waals surface area (Å²) >= 11 is 6.26. The van der Waals surface area contributed by atoms with Crippen LogP contribution in [0.2, 0.25) is 5.02 Å². The third-order valence-corrected chi connectivity index (χ3v) is 3.99. The third kappa shape index (κ3) is 4.29. The Labute approximate surface area is 116 Å². The molecule has 1 aromatic rings. The van der Waals surface area contributed by atoms with Crippen LogP contribution in [0.3, 0.4) is 0 Å². The summed E-state index contributed by atoms with van der Waals surface area (Å²) in [6.07, 6.45) is 3.88. The Morgan fingerprint density at radius 1 is 1.28 bits per heavy atom. The highest BCUT2D eigenvalue weighted by Crippen LogP contribution is 2.39. The van der Waals surface area contributed by atoms with Crippen LogP contribution in [0.5, 0.6) is 0 Å². The van der Waals surface area contributed by atoms with Crippen LogP contribution in [0, 0.1) is 11.8 Å². The highest BCUT2D eigenvalue weighted by atomic mass is 35.5. The van der Waals surface area contributed by atoms with Crippen LogP contribution in [-0.4, -0.2) is 12.1 Å². The van der Waals surface area contributed by atoms with Gasteiger partial charge in [0.1, 0.15) is 0 Å². The largest absolute Gasteiger partial charge is 0.312 e. The monoisotopic (exact) mass is 265 g/mol. The number of hydrogen-bond donors (Lipinski definition) is 1. The van der Waals surface area contributed by atoms with Crippen LogP contribution in [-0.2, 0) is 6.42 Å². The second-order valence-corrected chi connectivity index (χ2v) is 6.93. The van der Waals surface area contributed by atoms with Gasteiger partial charge in [-0.2, -0.15) is 0 Å². The molecule has 0 saturated heterocycles. The molecule has 0 aliphatic heterocycles. The van der Waals surface area contributed by atoms with E-state index in [2.05, 4.69) is 38.2 Å². The predicted octanol–water partition coefficient (Wildman–Crippen LogP) is 4.30. The fraction of sp³-hybridized carbons (Fsp3) is 0.625. The van der Waals surface area contributed by atoms with Crippen LogP contribution >= 0.6 is 11.6 Å². The van der Waals surface area contributed by atoms with Gasteiger partial charge < -0.3 is 5.32 Å². The molecule has 0 bridgehead atoms. The zero-order valence-corrected chi connectivity index (χ0v) is 12.4. The normalized spacial score (nSPS) is 17.8. The smallest absolute Gasteiger partial charge is 0.0438 e. The molecule has 1 aliphatic rings.